The molecule has 6 nitrogen and oxygen atoms in total. The molecule has 0 aliphatic rings. The Balaban J connectivity index is 2.17. The number of aryl methyl sites for hydroxylation is 1. The fraction of sp³-hybridized carbons (Fsp3) is 0.429. The highest BCUT2D eigenvalue weighted by atomic mass is 16.5. The third-order valence-corrected chi connectivity index (χ3v) is 2.59. The van der Waals surface area contributed by atoms with Crippen LogP contribution < -0.4 is 11.1 Å². The van der Waals surface area contributed by atoms with E-state index in [0.29, 0.717) is 25.3 Å². The number of amides is 1. The van der Waals surface area contributed by atoms with E-state index in [-0.39, 0.29) is 18.9 Å². The molecule has 6 heteroatoms. The standard InChI is InChI=1S/C14H20N2O4/c1-19-9-8-16-13(17)10-20-14(18)7-4-11-2-5-12(15)6-3-11/h2-3,5-6H,4,7-10,15H2,1H3,(H,16,17). The summed E-state index contributed by atoms with van der Waals surface area (Å²) >= 11 is 0. The molecule has 0 atom stereocenters. The van der Waals surface area contributed by atoms with Gasteiger partial charge in [-0.1, -0.05) is 12.1 Å². The number of benzene rings is 1. The number of nitrogens with one attached hydrogen (secondary N) is 1. The molecular weight excluding hydrogens is 260 g/mol. The molecule has 1 rings (SSSR count). The number of anilines is 1. The average molecular weight is 280 g/mol. The highest BCUT2D eigenvalue weighted by molar-refractivity contribution is 5.80. The lowest BCUT2D eigenvalue weighted by Gasteiger charge is -2.06. The SMILES string of the molecule is COCCNC(=O)COC(=O)CCc1ccc(N)cc1. The number of carbonyl (C=O) groups is 2. The molecule has 1 aromatic carbocycles. The van der Waals surface area contributed by atoms with Gasteiger partial charge in [0.25, 0.3) is 5.91 Å². The fourth-order valence-electron chi connectivity index (χ4n) is 1.49. The van der Waals surface area contributed by atoms with Crippen LogP contribution in [0.4, 0.5) is 5.69 Å². The third-order valence-electron chi connectivity index (χ3n) is 2.59. The second-order valence-electron chi connectivity index (χ2n) is 4.25. The maximum atomic E-state index is 11.5. The first-order valence-electron chi connectivity index (χ1n) is 6.37. The maximum absolute atomic E-state index is 11.5. The fourth-order valence-corrected chi connectivity index (χ4v) is 1.49. The first-order valence-corrected chi connectivity index (χ1v) is 6.37. The quantitative estimate of drug-likeness (QED) is 0.411. The van der Waals surface area contributed by atoms with Gasteiger partial charge in [0, 0.05) is 25.8 Å². The van der Waals surface area contributed by atoms with Crippen molar-refractivity contribution >= 4 is 17.6 Å². The van der Waals surface area contributed by atoms with Gasteiger partial charge < -0.3 is 20.5 Å². The van der Waals surface area contributed by atoms with Crippen molar-refractivity contribution in [3.63, 3.8) is 0 Å². The zero-order chi connectivity index (χ0) is 14.8. The zero-order valence-corrected chi connectivity index (χ0v) is 11.6. The van der Waals surface area contributed by atoms with Crippen LogP contribution in [0.3, 0.4) is 0 Å². The summed E-state index contributed by atoms with van der Waals surface area (Å²) in [6, 6.07) is 7.29. The number of hydrogen-bond donors (Lipinski definition) is 2. The van der Waals surface area contributed by atoms with Gasteiger partial charge in [0.05, 0.1) is 6.61 Å². The van der Waals surface area contributed by atoms with Crippen molar-refractivity contribution in [1.29, 1.82) is 0 Å². The van der Waals surface area contributed by atoms with Crippen LogP contribution in [0.5, 0.6) is 0 Å². The molecule has 0 bridgehead atoms. The molecule has 0 aliphatic heterocycles. The summed E-state index contributed by atoms with van der Waals surface area (Å²) in [7, 11) is 1.55. The van der Waals surface area contributed by atoms with Gasteiger partial charge >= 0.3 is 5.97 Å². The van der Waals surface area contributed by atoms with Gasteiger partial charge in [0.2, 0.25) is 0 Å². The van der Waals surface area contributed by atoms with Crippen LogP contribution in [-0.2, 0) is 25.5 Å². The van der Waals surface area contributed by atoms with Gasteiger partial charge in [-0.2, -0.15) is 0 Å². The molecule has 1 aromatic rings. The molecule has 0 aromatic heterocycles. The Kier molecular flexibility index (Phi) is 7.13. The third kappa shape index (κ3) is 6.75. The first-order chi connectivity index (χ1) is 9.61. The number of nitrogens with two attached hydrogens (primary N) is 1. The number of esters is 1. The monoisotopic (exact) mass is 280 g/mol. The van der Waals surface area contributed by atoms with Crippen molar-refractivity contribution in [2.45, 2.75) is 12.8 Å². The minimum atomic E-state index is -0.399. The first kappa shape index (κ1) is 16.0. The Labute approximate surface area is 118 Å². The van der Waals surface area contributed by atoms with Crippen LogP contribution in [0, 0.1) is 0 Å². The van der Waals surface area contributed by atoms with Crippen LogP contribution in [0.1, 0.15) is 12.0 Å². The Hall–Kier alpha value is -2.08. The summed E-state index contributed by atoms with van der Waals surface area (Å²) in [5.41, 5.74) is 7.25. The second-order valence-corrected chi connectivity index (χ2v) is 4.25. The summed E-state index contributed by atoms with van der Waals surface area (Å²) in [6.07, 6.45) is 0.791. The van der Waals surface area contributed by atoms with Gasteiger partial charge in [0.15, 0.2) is 6.61 Å². The lowest BCUT2D eigenvalue weighted by Crippen LogP contribution is -2.31. The maximum Gasteiger partial charge on any atom is 0.306 e. The molecule has 20 heavy (non-hydrogen) atoms. The number of ether oxygens (including phenoxy) is 2. The van der Waals surface area contributed by atoms with Gasteiger partial charge in [-0.15, -0.1) is 0 Å². The number of rotatable bonds is 8. The minimum Gasteiger partial charge on any atom is -0.456 e. The molecule has 0 saturated heterocycles. The van der Waals surface area contributed by atoms with Gasteiger partial charge in [0.1, 0.15) is 0 Å². The van der Waals surface area contributed by atoms with Crippen molar-refractivity contribution in [3.8, 4) is 0 Å². The van der Waals surface area contributed by atoms with Crippen molar-refractivity contribution in [1.82, 2.24) is 5.32 Å². The molecule has 0 radical (unpaired) electrons. The van der Waals surface area contributed by atoms with Gasteiger partial charge in [-0.25, -0.2) is 0 Å². The van der Waals surface area contributed by atoms with E-state index in [2.05, 4.69) is 5.32 Å². The lowest BCUT2D eigenvalue weighted by atomic mass is 10.1. The molecule has 0 aliphatic carbocycles. The van der Waals surface area contributed by atoms with E-state index in [1.165, 1.54) is 0 Å². The van der Waals surface area contributed by atoms with Crippen molar-refractivity contribution in [2.75, 3.05) is 32.6 Å². The Morgan fingerprint density at radius 3 is 2.60 bits per heavy atom. The Morgan fingerprint density at radius 2 is 1.95 bits per heavy atom. The smallest absolute Gasteiger partial charge is 0.306 e. The van der Waals surface area contributed by atoms with E-state index < -0.39 is 5.97 Å². The summed E-state index contributed by atoms with van der Waals surface area (Å²) in [4.78, 5) is 22.7. The normalized spacial score (nSPS) is 10.1. The topological polar surface area (TPSA) is 90.6 Å². The summed E-state index contributed by atoms with van der Waals surface area (Å²) in [5.74, 6) is -0.730. The predicted molar refractivity (Wildman–Crippen MR) is 75.0 cm³/mol. The number of nitrogen functional groups attached to an aromatic ring is 1. The second kappa shape index (κ2) is 8.92. The molecule has 0 spiro atoms. The van der Waals surface area contributed by atoms with Gasteiger partial charge in [-0.05, 0) is 24.1 Å². The Morgan fingerprint density at radius 1 is 1.25 bits per heavy atom. The van der Waals surface area contributed by atoms with E-state index in [0.717, 1.165) is 5.56 Å². The number of hydrogen-bond acceptors (Lipinski definition) is 5. The van der Waals surface area contributed by atoms with E-state index in [1.807, 2.05) is 12.1 Å². The van der Waals surface area contributed by atoms with Crippen molar-refractivity contribution < 1.29 is 19.1 Å². The van der Waals surface area contributed by atoms with Crippen LogP contribution >= 0.6 is 0 Å². The molecule has 110 valence electrons. The average Bonchev–Trinajstić information content (AvgIpc) is 2.45. The highest BCUT2D eigenvalue weighted by Gasteiger charge is 2.07. The zero-order valence-electron chi connectivity index (χ0n) is 11.6. The Bertz CT molecular complexity index is 431. The lowest BCUT2D eigenvalue weighted by molar-refractivity contribution is -0.148. The molecule has 1 amide bonds. The van der Waals surface area contributed by atoms with E-state index in [1.54, 1.807) is 19.2 Å². The summed E-state index contributed by atoms with van der Waals surface area (Å²) in [5, 5.41) is 2.56. The van der Waals surface area contributed by atoms with E-state index in [9.17, 15) is 9.59 Å². The largest absolute Gasteiger partial charge is 0.456 e. The number of methoxy groups -OCH3 is 1. The van der Waals surface area contributed by atoms with Crippen LogP contribution in [0.2, 0.25) is 0 Å². The van der Waals surface area contributed by atoms with Crippen molar-refractivity contribution in [3.05, 3.63) is 29.8 Å². The summed E-state index contributed by atoms with van der Waals surface area (Å²) < 4.78 is 9.65. The van der Waals surface area contributed by atoms with E-state index >= 15 is 0 Å². The van der Waals surface area contributed by atoms with E-state index in [4.69, 9.17) is 15.2 Å². The molecule has 3 N–H and O–H groups in total. The highest BCUT2D eigenvalue weighted by Crippen LogP contribution is 2.07. The summed E-state index contributed by atoms with van der Waals surface area (Å²) in [6.45, 7) is 0.569. The van der Waals surface area contributed by atoms with Gasteiger partial charge in [-0.3, -0.25) is 9.59 Å². The molecule has 0 saturated carbocycles. The van der Waals surface area contributed by atoms with Crippen LogP contribution in [0.15, 0.2) is 24.3 Å². The van der Waals surface area contributed by atoms with Crippen LogP contribution in [-0.4, -0.2) is 38.7 Å². The minimum absolute atomic E-state index is 0.231. The molecule has 0 fully saturated rings. The molecular formula is C14H20N2O4. The predicted octanol–water partition coefficient (Wildman–Crippen LogP) is 0.507. The number of carbonyl (C=O) groups excluding carboxylic acids is 2. The van der Waals surface area contributed by atoms with Crippen LogP contribution in [0.25, 0.3) is 0 Å². The van der Waals surface area contributed by atoms with Crippen molar-refractivity contribution in [2.24, 2.45) is 0 Å². The molecule has 0 heterocycles. The molecule has 0 unspecified atom stereocenters.